The molecule has 1 aromatic carbocycles. The Morgan fingerprint density at radius 2 is 1.73 bits per heavy atom. The Morgan fingerprint density at radius 3 is 2.33 bits per heavy atom. The zero-order valence-corrected chi connectivity index (χ0v) is 18.6. The number of nitrogens with zero attached hydrogens (tertiary/aromatic N) is 4. The average Bonchev–Trinajstić information content (AvgIpc) is 3.03. The van der Waals surface area contributed by atoms with E-state index in [4.69, 9.17) is 16.3 Å². The van der Waals surface area contributed by atoms with E-state index in [9.17, 15) is 0 Å². The maximum Gasteiger partial charge on any atom is 0.217 e. The summed E-state index contributed by atoms with van der Waals surface area (Å²) in [5, 5.41) is 1.24. The third-order valence-electron chi connectivity index (χ3n) is 6.30. The first-order valence-electron chi connectivity index (χ1n) is 10.7. The molecule has 30 heavy (non-hydrogen) atoms. The van der Waals surface area contributed by atoms with Crippen molar-refractivity contribution in [1.82, 2.24) is 9.55 Å². The van der Waals surface area contributed by atoms with Gasteiger partial charge < -0.3 is 19.0 Å². The van der Waals surface area contributed by atoms with Gasteiger partial charge in [0.2, 0.25) is 6.54 Å². The first-order chi connectivity index (χ1) is 14.4. The van der Waals surface area contributed by atoms with Gasteiger partial charge in [0.25, 0.3) is 0 Å². The van der Waals surface area contributed by atoms with Gasteiger partial charge in [-0.05, 0) is 75.4 Å². The number of fused-ring (bicyclic) bond motifs is 1. The van der Waals surface area contributed by atoms with Gasteiger partial charge in [0, 0.05) is 42.0 Å². The Kier molecular flexibility index (Phi) is 5.42. The van der Waals surface area contributed by atoms with Crippen LogP contribution in [0.1, 0.15) is 35.2 Å². The maximum atomic E-state index is 7.15. The molecule has 0 amide bonds. The van der Waals surface area contributed by atoms with Crippen molar-refractivity contribution < 1.29 is 4.74 Å². The van der Waals surface area contributed by atoms with Crippen LogP contribution in [0.3, 0.4) is 0 Å². The standard InChI is InChI=1S/C25H30N4O/c1-16-11-21(30-6)12-17(2)24(16)29-15-18(3)23-22(13-19(4)27-25(23)29)28-9-7-20(8-10-28)14-26-5/h11-13,15,20H,7-10,14H2,1-4,6H3. The summed E-state index contributed by atoms with van der Waals surface area (Å²) >= 11 is 0. The van der Waals surface area contributed by atoms with Gasteiger partial charge in [-0.25, -0.2) is 11.6 Å². The van der Waals surface area contributed by atoms with E-state index in [1.165, 1.54) is 33.5 Å². The Balaban J connectivity index is 1.82. The molecule has 0 aliphatic carbocycles. The van der Waals surface area contributed by atoms with E-state index in [1.54, 1.807) is 7.11 Å². The molecule has 4 rings (SSSR count). The first kappa shape index (κ1) is 20.3. The number of benzene rings is 1. The molecule has 0 spiro atoms. The Morgan fingerprint density at radius 1 is 1.07 bits per heavy atom. The molecule has 2 aromatic heterocycles. The van der Waals surface area contributed by atoms with Gasteiger partial charge in [-0.2, -0.15) is 0 Å². The number of piperidine rings is 1. The highest BCUT2D eigenvalue weighted by Gasteiger charge is 2.25. The van der Waals surface area contributed by atoms with Crippen LogP contribution in [0.5, 0.6) is 5.75 Å². The highest BCUT2D eigenvalue weighted by Crippen LogP contribution is 2.36. The number of rotatable bonds is 4. The van der Waals surface area contributed by atoms with E-state index in [-0.39, 0.29) is 0 Å². The predicted molar refractivity (Wildman–Crippen MR) is 123 cm³/mol. The van der Waals surface area contributed by atoms with Crippen LogP contribution >= 0.6 is 0 Å². The summed E-state index contributed by atoms with van der Waals surface area (Å²) in [5.41, 5.74) is 8.09. The summed E-state index contributed by atoms with van der Waals surface area (Å²) in [6.07, 6.45) is 4.39. The lowest BCUT2D eigenvalue weighted by molar-refractivity contribution is 0.414. The van der Waals surface area contributed by atoms with E-state index in [2.05, 4.69) is 66.4 Å². The van der Waals surface area contributed by atoms with Crippen LogP contribution < -0.4 is 9.64 Å². The van der Waals surface area contributed by atoms with Crippen molar-refractivity contribution >= 4 is 16.7 Å². The van der Waals surface area contributed by atoms with Crippen molar-refractivity contribution in [3.05, 3.63) is 58.2 Å². The zero-order valence-electron chi connectivity index (χ0n) is 18.6. The number of aromatic nitrogens is 2. The smallest absolute Gasteiger partial charge is 0.217 e. The number of pyridine rings is 1. The highest BCUT2D eigenvalue weighted by molar-refractivity contribution is 5.95. The normalized spacial score (nSPS) is 14.9. The molecule has 1 aliphatic heterocycles. The van der Waals surface area contributed by atoms with Gasteiger partial charge in [-0.15, -0.1) is 0 Å². The molecule has 0 bridgehead atoms. The van der Waals surface area contributed by atoms with E-state index in [0.29, 0.717) is 12.5 Å². The minimum Gasteiger partial charge on any atom is -0.497 e. The molecule has 0 radical (unpaired) electrons. The molecule has 3 heterocycles. The van der Waals surface area contributed by atoms with Crippen LogP contribution in [0, 0.1) is 40.2 Å². The van der Waals surface area contributed by atoms with Gasteiger partial charge >= 0.3 is 0 Å². The summed E-state index contributed by atoms with van der Waals surface area (Å²) in [7, 11) is 1.71. The summed E-state index contributed by atoms with van der Waals surface area (Å²) in [5.74, 6) is 1.42. The third-order valence-corrected chi connectivity index (χ3v) is 6.30. The summed E-state index contributed by atoms with van der Waals surface area (Å²) in [6, 6.07) is 6.40. The van der Waals surface area contributed by atoms with Crippen LogP contribution in [-0.2, 0) is 0 Å². The first-order valence-corrected chi connectivity index (χ1v) is 10.7. The number of methoxy groups -OCH3 is 1. The SMILES string of the molecule is [C-]#[N+]CC1CCN(c2cc(C)nc3c2c(C)cn3-c2c(C)cc(OC)cc2C)CC1. The number of ether oxygens (including phenoxy) is 1. The van der Waals surface area contributed by atoms with E-state index in [1.807, 2.05) is 0 Å². The molecular weight excluding hydrogens is 372 g/mol. The van der Waals surface area contributed by atoms with Crippen molar-refractivity contribution in [2.24, 2.45) is 5.92 Å². The number of hydrogen-bond donors (Lipinski definition) is 0. The lowest BCUT2D eigenvalue weighted by atomic mass is 9.96. The number of aryl methyl sites for hydroxylation is 4. The minimum absolute atomic E-state index is 0.535. The van der Waals surface area contributed by atoms with E-state index >= 15 is 0 Å². The Labute approximate surface area is 179 Å². The number of hydrogen-bond acceptors (Lipinski definition) is 3. The van der Waals surface area contributed by atoms with Gasteiger partial charge in [-0.3, -0.25) is 0 Å². The van der Waals surface area contributed by atoms with Crippen LogP contribution in [0.15, 0.2) is 24.4 Å². The lowest BCUT2D eigenvalue weighted by Gasteiger charge is -2.32. The van der Waals surface area contributed by atoms with Gasteiger partial charge in [0.1, 0.15) is 11.4 Å². The monoisotopic (exact) mass is 402 g/mol. The van der Waals surface area contributed by atoms with Crippen LogP contribution in [0.4, 0.5) is 5.69 Å². The van der Waals surface area contributed by atoms with Crippen LogP contribution in [0.25, 0.3) is 21.6 Å². The zero-order chi connectivity index (χ0) is 21.4. The lowest BCUT2D eigenvalue weighted by Crippen LogP contribution is -2.34. The molecule has 1 saturated heterocycles. The van der Waals surface area contributed by atoms with Crippen molar-refractivity contribution in [2.45, 2.75) is 40.5 Å². The summed E-state index contributed by atoms with van der Waals surface area (Å²) in [6.45, 7) is 18.3. The fourth-order valence-electron chi connectivity index (χ4n) is 4.83. The Hall–Kier alpha value is -3.00. The van der Waals surface area contributed by atoms with Crippen molar-refractivity contribution in [1.29, 1.82) is 0 Å². The fraction of sp³-hybridized carbons (Fsp3) is 0.440. The van der Waals surface area contributed by atoms with Gasteiger partial charge in [0.15, 0.2) is 0 Å². The molecule has 0 atom stereocenters. The quantitative estimate of drug-likeness (QED) is 0.548. The van der Waals surface area contributed by atoms with Gasteiger partial charge in [0.05, 0.1) is 12.8 Å². The second kappa shape index (κ2) is 8.02. The van der Waals surface area contributed by atoms with Crippen molar-refractivity contribution in [2.75, 3.05) is 31.6 Å². The maximum absolute atomic E-state index is 7.15. The van der Waals surface area contributed by atoms with E-state index < -0.39 is 0 Å². The molecule has 5 nitrogen and oxygen atoms in total. The molecule has 1 aliphatic rings. The average molecular weight is 403 g/mol. The van der Waals surface area contributed by atoms with E-state index in [0.717, 1.165) is 43.0 Å². The molecule has 1 fully saturated rings. The second-order valence-electron chi connectivity index (χ2n) is 8.54. The molecule has 156 valence electrons. The molecular formula is C25H30N4O. The molecule has 0 N–H and O–H groups in total. The minimum atomic E-state index is 0.535. The molecule has 0 unspecified atom stereocenters. The molecule has 5 heteroatoms. The topological polar surface area (TPSA) is 34.7 Å². The van der Waals surface area contributed by atoms with Crippen LogP contribution in [-0.4, -0.2) is 36.3 Å². The highest BCUT2D eigenvalue weighted by atomic mass is 16.5. The predicted octanol–water partition coefficient (Wildman–Crippen LogP) is 5.40. The largest absolute Gasteiger partial charge is 0.497 e. The number of anilines is 1. The van der Waals surface area contributed by atoms with Crippen molar-refractivity contribution in [3.8, 4) is 11.4 Å². The summed E-state index contributed by atoms with van der Waals surface area (Å²) in [4.78, 5) is 11.1. The summed E-state index contributed by atoms with van der Waals surface area (Å²) < 4.78 is 7.70. The molecule has 0 saturated carbocycles. The third kappa shape index (κ3) is 3.52. The van der Waals surface area contributed by atoms with Gasteiger partial charge in [-0.1, -0.05) is 0 Å². The fourth-order valence-corrected chi connectivity index (χ4v) is 4.83. The Bertz CT molecular complexity index is 1110. The van der Waals surface area contributed by atoms with Crippen molar-refractivity contribution in [3.63, 3.8) is 0 Å². The molecule has 3 aromatic rings. The second-order valence-corrected chi connectivity index (χ2v) is 8.54. The van der Waals surface area contributed by atoms with Crippen LogP contribution in [0.2, 0.25) is 0 Å².